The van der Waals surface area contributed by atoms with E-state index in [2.05, 4.69) is 0 Å². The molecule has 0 saturated heterocycles. The van der Waals surface area contributed by atoms with E-state index in [0.717, 1.165) is 0 Å². The average molecular weight is 573 g/mol. The van der Waals surface area contributed by atoms with Gasteiger partial charge in [0.2, 0.25) is 5.78 Å². The number of hydrogen-bond acceptors (Lipinski definition) is 8. The van der Waals surface area contributed by atoms with Crippen molar-refractivity contribution in [2.75, 3.05) is 0 Å². The zero-order chi connectivity index (χ0) is 31.0. The number of ether oxygens (including phenoxy) is 1. The summed E-state index contributed by atoms with van der Waals surface area (Å²) in [5, 5.41) is 30.7. The van der Waals surface area contributed by atoms with Crippen molar-refractivity contribution in [3.05, 3.63) is 22.8 Å². The zero-order valence-corrected chi connectivity index (χ0v) is 25.4. The Morgan fingerprint density at radius 1 is 1.05 bits per heavy atom. The highest BCUT2D eigenvalue weighted by Crippen LogP contribution is 2.70. The number of aliphatic hydroxyl groups excluding tert-OH is 2. The van der Waals surface area contributed by atoms with Crippen molar-refractivity contribution in [2.45, 2.75) is 106 Å². The molecule has 0 aliphatic heterocycles. The second kappa shape index (κ2) is 9.97. The van der Waals surface area contributed by atoms with Crippen LogP contribution in [0.15, 0.2) is 22.8 Å². The molecule has 0 bridgehead atoms. The molecule has 9 unspecified atom stereocenters. The Morgan fingerprint density at radius 2 is 1.66 bits per heavy atom. The van der Waals surface area contributed by atoms with Crippen molar-refractivity contribution in [3.8, 4) is 0 Å². The van der Waals surface area contributed by atoms with Gasteiger partial charge in [0.1, 0.15) is 5.78 Å². The summed E-state index contributed by atoms with van der Waals surface area (Å²) in [6.07, 6.45) is -0.727. The third-order valence-electron chi connectivity index (χ3n) is 11.7. The van der Waals surface area contributed by atoms with Gasteiger partial charge in [-0.25, -0.2) is 4.79 Å². The van der Waals surface area contributed by atoms with Crippen LogP contribution in [0, 0.1) is 39.4 Å². The first-order chi connectivity index (χ1) is 18.8. The first-order valence-electron chi connectivity index (χ1n) is 14.6. The molecule has 0 aromatic rings. The van der Waals surface area contributed by atoms with E-state index in [1.54, 1.807) is 13.8 Å². The molecule has 0 amide bonds. The molecular formula is C32H44O9. The zero-order valence-electron chi connectivity index (χ0n) is 25.4. The van der Waals surface area contributed by atoms with Crippen LogP contribution in [0.3, 0.4) is 0 Å². The maximum Gasteiger partial charge on any atom is 0.331 e. The average Bonchev–Trinajstić information content (AvgIpc) is 3.07. The Kier molecular flexibility index (Phi) is 7.61. The van der Waals surface area contributed by atoms with Gasteiger partial charge in [-0.3, -0.25) is 19.2 Å². The number of esters is 1. The lowest BCUT2D eigenvalue weighted by atomic mass is 9.42. The number of rotatable bonds is 6. The Labute approximate surface area is 241 Å². The number of aliphatic carboxylic acids is 1. The summed E-state index contributed by atoms with van der Waals surface area (Å²) >= 11 is 0. The summed E-state index contributed by atoms with van der Waals surface area (Å²) in [6, 6.07) is 0. The summed E-state index contributed by atoms with van der Waals surface area (Å²) in [4.78, 5) is 66.6. The first kappa shape index (κ1) is 31.3. The fourth-order valence-corrected chi connectivity index (χ4v) is 9.13. The smallest absolute Gasteiger partial charge is 0.331 e. The number of allylic oxidation sites excluding steroid dienone is 1. The van der Waals surface area contributed by atoms with E-state index in [-0.39, 0.29) is 53.5 Å². The minimum absolute atomic E-state index is 0.0141. The normalized spacial score (nSPS) is 40.0. The predicted octanol–water partition coefficient (Wildman–Crippen LogP) is 3.59. The quantitative estimate of drug-likeness (QED) is 0.320. The number of fused-ring (bicyclic) bond motifs is 4. The lowest BCUT2D eigenvalue weighted by Gasteiger charge is -2.61. The third kappa shape index (κ3) is 4.29. The lowest BCUT2D eigenvalue weighted by molar-refractivity contribution is -0.176. The number of aliphatic hydroxyl groups is 2. The van der Waals surface area contributed by atoms with Gasteiger partial charge in [-0.1, -0.05) is 34.6 Å². The number of carboxylic acids is 1. The van der Waals surface area contributed by atoms with Crippen LogP contribution >= 0.6 is 0 Å². The first-order valence-corrected chi connectivity index (χ1v) is 14.6. The summed E-state index contributed by atoms with van der Waals surface area (Å²) in [6.45, 7) is 13.6. The highest BCUT2D eigenvalue weighted by Gasteiger charge is 2.74. The number of carboxylic acid groups (broad SMARTS) is 1. The topological polar surface area (TPSA) is 155 Å². The van der Waals surface area contributed by atoms with Crippen molar-refractivity contribution >= 4 is 29.3 Å². The van der Waals surface area contributed by atoms with Crippen molar-refractivity contribution in [2.24, 2.45) is 39.4 Å². The van der Waals surface area contributed by atoms with Crippen LogP contribution < -0.4 is 0 Å². The van der Waals surface area contributed by atoms with Crippen molar-refractivity contribution in [3.63, 3.8) is 0 Å². The van der Waals surface area contributed by atoms with E-state index in [9.17, 15) is 39.3 Å². The van der Waals surface area contributed by atoms with Crippen molar-refractivity contribution < 1.29 is 44.0 Å². The highest BCUT2D eigenvalue weighted by molar-refractivity contribution is 6.18. The molecule has 226 valence electrons. The van der Waals surface area contributed by atoms with E-state index in [1.165, 1.54) is 19.9 Å². The number of carbonyl (C=O) groups excluding carboxylic acids is 4. The van der Waals surface area contributed by atoms with Gasteiger partial charge >= 0.3 is 11.9 Å². The Balaban J connectivity index is 1.90. The number of carbonyl (C=O) groups is 5. The Hall–Kier alpha value is -2.65. The molecule has 0 aromatic heterocycles. The summed E-state index contributed by atoms with van der Waals surface area (Å²) in [7, 11) is 0. The summed E-state index contributed by atoms with van der Waals surface area (Å²) in [5.74, 6) is -4.06. The molecule has 3 N–H and O–H groups in total. The molecule has 4 aliphatic rings. The van der Waals surface area contributed by atoms with Gasteiger partial charge in [-0.15, -0.1) is 0 Å². The molecule has 2 fully saturated rings. The highest BCUT2D eigenvalue weighted by atomic mass is 16.5. The molecule has 0 heterocycles. The molecule has 0 aromatic carbocycles. The van der Waals surface area contributed by atoms with Crippen LogP contribution in [0.4, 0.5) is 0 Å². The standard InChI is InChI=1S/C32H44O9/c1-15(11-18(34)12-16(2)28(39)40)19-13-23(37)32(8)24-20(35)14-21-29(4,5)22(36)9-10-30(21,6)25(24)26(38)27(31(19,32)7)41-17(3)33/h12,15,18-19,21-22,27,34,36H,9-11,13-14H2,1-8H3,(H,39,40)/b16-12+. The second-order valence-corrected chi connectivity index (χ2v) is 14.2. The largest absolute Gasteiger partial charge is 0.478 e. The molecule has 4 aliphatic carbocycles. The van der Waals surface area contributed by atoms with Gasteiger partial charge in [-0.05, 0) is 62.4 Å². The molecule has 9 atom stereocenters. The van der Waals surface area contributed by atoms with E-state index in [4.69, 9.17) is 4.74 Å². The van der Waals surface area contributed by atoms with Gasteiger partial charge in [0.05, 0.1) is 17.6 Å². The fourth-order valence-electron chi connectivity index (χ4n) is 9.13. The molecule has 0 radical (unpaired) electrons. The monoisotopic (exact) mass is 572 g/mol. The van der Waals surface area contributed by atoms with Crippen LogP contribution in [-0.4, -0.2) is 62.9 Å². The molecule has 2 saturated carbocycles. The van der Waals surface area contributed by atoms with Gasteiger partial charge < -0.3 is 20.1 Å². The Bertz CT molecular complexity index is 1270. The minimum atomic E-state index is -1.42. The predicted molar refractivity (Wildman–Crippen MR) is 148 cm³/mol. The molecule has 9 nitrogen and oxygen atoms in total. The number of hydrogen-bond donors (Lipinski definition) is 3. The maximum atomic E-state index is 14.6. The molecule has 41 heavy (non-hydrogen) atoms. The van der Waals surface area contributed by atoms with E-state index in [1.807, 2.05) is 27.7 Å². The number of Topliss-reactive ketones (excluding diaryl/α,β-unsaturated/α-hetero) is 3. The van der Waals surface area contributed by atoms with Gasteiger partial charge in [-0.2, -0.15) is 0 Å². The third-order valence-corrected chi connectivity index (χ3v) is 11.7. The lowest BCUT2D eigenvalue weighted by Crippen LogP contribution is -2.65. The van der Waals surface area contributed by atoms with Crippen molar-refractivity contribution in [1.29, 1.82) is 0 Å². The number of ketones is 3. The van der Waals surface area contributed by atoms with Crippen LogP contribution in [0.25, 0.3) is 0 Å². The fraction of sp³-hybridized carbons (Fsp3) is 0.719. The summed E-state index contributed by atoms with van der Waals surface area (Å²) < 4.78 is 5.81. The van der Waals surface area contributed by atoms with Gasteiger partial charge in [0.15, 0.2) is 11.9 Å². The van der Waals surface area contributed by atoms with Gasteiger partial charge in [0, 0.05) is 47.3 Å². The van der Waals surface area contributed by atoms with Gasteiger partial charge in [0.25, 0.3) is 0 Å². The van der Waals surface area contributed by atoms with Crippen LogP contribution in [0.1, 0.15) is 87.5 Å². The van der Waals surface area contributed by atoms with Crippen LogP contribution in [-0.2, 0) is 28.7 Å². The van der Waals surface area contributed by atoms with Crippen LogP contribution in [0.2, 0.25) is 0 Å². The molecule has 4 rings (SSSR count). The molecule has 0 spiro atoms. The molecular weight excluding hydrogens is 528 g/mol. The molecule has 9 heteroatoms. The minimum Gasteiger partial charge on any atom is -0.478 e. The van der Waals surface area contributed by atoms with Crippen molar-refractivity contribution in [1.82, 2.24) is 0 Å². The van der Waals surface area contributed by atoms with E-state index in [0.29, 0.717) is 12.8 Å². The van der Waals surface area contributed by atoms with Crippen LogP contribution in [0.5, 0.6) is 0 Å². The van der Waals surface area contributed by atoms with E-state index < -0.39 is 69.5 Å². The Morgan fingerprint density at radius 3 is 2.22 bits per heavy atom. The van der Waals surface area contributed by atoms with E-state index >= 15 is 0 Å². The SMILES string of the molecule is CC(=O)OC1C(=O)C2=C(C(=O)CC3C2(C)CCC(O)C3(C)C)C2(C)C(=O)CC(C(C)CC(O)/C=C(\C)C(=O)O)C12C. The summed E-state index contributed by atoms with van der Waals surface area (Å²) in [5.41, 5.74) is -3.68. The maximum absolute atomic E-state index is 14.6. The second-order valence-electron chi connectivity index (χ2n) is 14.2.